The highest BCUT2D eigenvalue weighted by atomic mass is 16.2. The Bertz CT molecular complexity index is 698. The molecule has 6 heteroatoms. The SMILES string of the molecule is CC[C@H](C)N1CCC2(CC1)C(=O)N(CCCc1cccnc1)C(=O)N2CC(C)C. The number of aromatic nitrogens is 1. The number of nitrogens with zero attached hydrogens (tertiary/aromatic N) is 4. The second-order valence-electron chi connectivity index (χ2n) is 9.03. The molecule has 0 N–H and O–H groups in total. The molecule has 1 atom stereocenters. The predicted octanol–water partition coefficient (Wildman–Crippen LogP) is 3.57. The van der Waals surface area contributed by atoms with Gasteiger partial charge < -0.3 is 9.80 Å². The number of pyridine rings is 1. The number of carbonyl (C=O) groups excluding carboxylic acids is 2. The summed E-state index contributed by atoms with van der Waals surface area (Å²) in [4.78, 5) is 36.8. The molecule has 3 heterocycles. The number of rotatable bonds is 8. The molecule has 6 nitrogen and oxygen atoms in total. The third kappa shape index (κ3) is 4.47. The first-order chi connectivity index (χ1) is 13.9. The van der Waals surface area contributed by atoms with Crippen LogP contribution in [-0.4, -0.2) is 69.4 Å². The van der Waals surface area contributed by atoms with E-state index in [1.54, 1.807) is 6.20 Å². The van der Waals surface area contributed by atoms with Crippen molar-refractivity contribution in [3.8, 4) is 0 Å². The topological polar surface area (TPSA) is 56.8 Å². The monoisotopic (exact) mass is 400 g/mol. The van der Waals surface area contributed by atoms with Crippen molar-refractivity contribution in [1.82, 2.24) is 19.7 Å². The van der Waals surface area contributed by atoms with Gasteiger partial charge in [-0.2, -0.15) is 0 Å². The fraction of sp³-hybridized carbons (Fsp3) is 0.696. The molecule has 1 aromatic rings. The Morgan fingerprint density at radius 2 is 1.90 bits per heavy atom. The summed E-state index contributed by atoms with van der Waals surface area (Å²) in [5.41, 5.74) is 0.502. The third-order valence-corrected chi connectivity index (χ3v) is 6.58. The molecule has 3 rings (SSSR count). The summed E-state index contributed by atoms with van der Waals surface area (Å²) >= 11 is 0. The second-order valence-corrected chi connectivity index (χ2v) is 9.03. The lowest BCUT2D eigenvalue weighted by molar-refractivity contribution is -0.136. The van der Waals surface area contributed by atoms with E-state index in [1.165, 1.54) is 4.90 Å². The highest BCUT2D eigenvalue weighted by Gasteiger charge is 2.57. The lowest BCUT2D eigenvalue weighted by Gasteiger charge is -2.44. The van der Waals surface area contributed by atoms with Gasteiger partial charge in [-0.25, -0.2) is 4.79 Å². The van der Waals surface area contributed by atoms with Gasteiger partial charge in [0.15, 0.2) is 0 Å². The number of amides is 3. The van der Waals surface area contributed by atoms with Crippen molar-refractivity contribution in [2.24, 2.45) is 5.92 Å². The van der Waals surface area contributed by atoms with Gasteiger partial charge in [-0.3, -0.25) is 14.7 Å². The molecule has 0 unspecified atom stereocenters. The van der Waals surface area contributed by atoms with E-state index >= 15 is 0 Å². The highest BCUT2D eigenvalue weighted by molar-refractivity contribution is 6.07. The standard InChI is InChI=1S/C23H36N4O2/c1-5-19(4)25-14-10-23(11-15-25)21(28)26(22(29)27(23)17-18(2)3)13-7-9-20-8-6-12-24-16-20/h6,8,12,16,18-19H,5,7,9-11,13-15,17H2,1-4H3/t19-/m0/s1. The van der Waals surface area contributed by atoms with Crippen LogP contribution in [-0.2, 0) is 11.2 Å². The molecule has 160 valence electrons. The highest BCUT2D eigenvalue weighted by Crippen LogP contribution is 2.38. The Morgan fingerprint density at radius 1 is 1.17 bits per heavy atom. The number of aryl methyl sites for hydroxylation is 1. The number of urea groups is 1. The number of imide groups is 1. The normalized spacial score (nSPS) is 20.9. The Morgan fingerprint density at radius 3 is 2.48 bits per heavy atom. The Balaban J connectivity index is 1.71. The van der Waals surface area contributed by atoms with Gasteiger partial charge >= 0.3 is 6.03 Å². The van der Waals surface area contributed by atoms with E-state index in [9.17, 15) is 9.59 Å². The molecule has 0 aromatic carbocycles. The van der Waals surface area contributed by atoms with Crippen LogP contribution in [0.4, 0.5) is 4.79 Å². The number of hydrogen-bond donors (Lipinski definition) is 0. The second kappa shape index (κ2) is 9.24. The van der Waals surface area contributed by atoms with E-state index in [0.29, 0.717) is 25.0 Å². The molecule has 0 radical (unpaired) electrons. The molecule has 3 amide bonds. The van der Waals surface area contributed by atoms with Crippen molar-refractivity contribution >= 4 is 11.9 Å². The summed E-state index contributed by atoms with van der Waals surface area (Å²) in [5, 5.41) is 0. The lowest BCUT2D eigenvalue weighted by atomic mass is 9.84. The summed E-state index contributed by atoms with van der Waals surface area (Å²) < 4.78 is 0. The van der Waals surface area contributed by atoms with Gasteiger partial charge in [0.05, 0.1) is 0 Å². The molecule has 0 saturated carbocycles. The quantitative estimate of drug-likeness (QED) is 0.626. The molecule has 1 spiro atoms. The molecular weight excluding hydrogens is 364 g/mol. The van der Waals surface area contributed by atoms with E-state index in [4.69, 9.17) is 0 Å². The lowest BCUT2D eigenvalue weighted by Crippen LogP contribution is -2.58. The van der Waals surface area contributed by atoms with Gasteiger partial charge in [-0.05, 0) is 56.6 Å². The summed E-state index contributed by atoms with van der Waals surface area (Å²) in [6, 6.07) is 4.39. The van der Waals surface area contributed by atoms with Crippen molar-refractivity contribution in [1.29, 1.82) is 0 Å². The smallest absolute Gasteiger partial charge is 0.309 e. The Hall–Kier alpha value is -1.95. The average Bonchev–Trinajstić information content (AvgIpc) is 2.90. The Kier molecular flexibility index (Phi) is 6.93. The van der Waals surface area contributed by atoms with Crippen molar-refractivity contribution < 1.29 is 9.59 Å². The third-order valence-electron chi connectivity index (χ3n) is 6.58. The summed E-state index contributed by atoms with van der Waals surface area (Å²) in [6.07, 6.45) is 7.80. The molecule has 2 aliphatic heterocycles. The van der Waals surface area contributed by atoms with Gasteiger partial charge in [0.25, 0.3) is 5.91 Å². The van der Waals surface area contributed by atoms with Gasteiger partial charge in [0, 0.05) is 44.6 Å². The van der Waals surface area contributed by atoms with Crippen LogP contribution in [0, 0.1) is 5.92 Å². The van der Waals surface area contributed by atoms with Crippen LogP contribution in [0.15, 0.2) is 24.5 Å². The van der Waals surface area contributed by atoms with Crippen molar-refractivity contribution in [3.05, 3.63) is 30.1 Å². The maximum Gasteiger partial charge on any atom is 0.327 e. The molecule has 2 aliphatic rings. The Labute approximate surface area is 175 Å². The number of carbonyl (C=O) groups is 2. The van der Waals surface area contributed by atoms with Gasteiger partial charge in [-0.1, -0.05) is 26.8 Å². The van der Waals surface area contributed by atoms with Crippen molar-refractivity contribution in [3.63, 3.8) is 0 Å². The van der Waals surface area contributed by atoms with Crippen LogP contribution < -0.4 is 0 Å². The fourth-order valence-corrected chi connectivity index (χ4v) is 4.66. The molecule has 0 bridgehead atoms. The maximum absolute atomic E-state index is 13.5. The van der Waals surface area contributed by atoms with E-state index in [0.717, 1.165) is 50.8 Å². The largest absolute Gasteiger partial charge is 0.327 e. The number of likely N-dealkylation sites (tertiary alicyclic amines) is 1. The van der Waals surface area contributed by atoms with Crippen LogP contribution in [0.25, 0.3) is 0 Å². The summed E-state index contributed by atoms with van der Waals surface area (Å²) in [5.74, 6) is 0.365. The average molecular weight is 401 g/mol. The van der Waals surface area contributed by atoms with Gasteiger partial charge in [-0.15, -0.1) is 0 Å². The van der Waals surface area contributed by atoms with E-state index in [1.807, 2.05) is 23.2 Å². The number of hydrogen-bond acceptors (Lipinski definition) is 4. The molecular formula is C23H36N4O2. The summed E-state index contributed by atoms with van der Waals surface area (Å²) in [6.45, 7) is 11.6. The summed E-state index contributed by atoms with van der Waals surface area (Å²) in [7, 11) is 0. The zero-order valence-electron chi connectivity index (χ0n) is 18.4. The minimum atomic E-state index is -0.639. The van der Waals surface area contributed by atoms with Gasteiger partial charge in [0.2, 0.25) is 0 Å². The van der Waals surface area contributed by atoms with Crippen LogP contribution >= 0.6 is 0 Å². The first kappa shape index (κ1) is 21.8. The molecule has 2 fully saturated rings. The van der Waals surface area contributed by atoms with Crippen molar-refractivity contribution in [2.45, 2.75) is 71.4 Å². The molecule has 1 aromatic heterocycles. The fourth-order valence-electron chi connectivity index (χ4n) is 4.66. The molecule has 2 saturated heterocycles. The van der Waals surface area contributed by atoms with Crippen LogP contribution in [0.2, 0.25) is 0 Å². The minimum absolute atomic E-state index is 0.0261. The predicted molar refractivity (Wildman–Crippen MR) is 115 cm³/mol. The minimum Gasteiger partial charge on any atom is -0.309 e. The zero-order chi connectivity index (χ0) is 21.0. The van der Waals surface area contributed by atoms with Crippen molar-refractivity contribution in [2.75, 3.05) is 26.2 Å². The van der Waals surface area contributed by atoms with E-state index < -0.39 is 5.54 Å². The first-order valence-corrected chi connectivity index (χ1v) is 11.2. The zero-order valence-corrected chi connectivity index (χ0v) is 18.4. The molecule has 0 aliphatic carbocycles. The van der Waals surface area contributed by atoms with E-state index in [-0.39, 0.29) is 11.9 Å². The maximum atomic E-state index is 13.5. The van der Waals surface area contributed by atoms with Crippen LogP contribution in [0.5, 0.6) is 0 Å². The first-order valence-electron chi connectivity index (χ1n) is 11.2. The van der Waals surface area contributed by atoms with E-state index in [2.05, 4.69) is 37.6 Å². The molecule has 29 heavy (non-hydrogen) atoms. The van der Waals surface area contributed by atoms with Crippen LogP contribution in [0.1, 0.15) is 58.9 Å². The van der Waals surface area contributed by atoms with Crippen LogP contribution in [0.3, 0.4) is 0 Å². The number of piperidine rings is 1. The van der Waals surface area contributed by atoms with Gasteiger partial charge in [0.1, 0.15) is 5.54 Å².